The van der Waals surface area contributed by atoms with Gasteiger partial charge in [-0.2, -0.15) is 5.26 Å². The maximum atomic E-state index is 9.30. The molecule has 0 N–H and O–H groups in total. The Kier molecular flexibility index (Phi) is 4.87. The van der Waals surface area contributed by atoms with Crippen LogP contribution in [0.4, 0.5) is 17.3 Å². The van der Waals surface area contributed by atoms with Crippen LogP contribution in [0.2, 0.25) is 0 Å². The first-order chi connectivity index (χ1) is 12.8. The lowest BCUT2D eigenvalue weighted by Crippen LogP contribution is -2.47. The molecule has 6 nitrogen and oxygen atoms in total. The summed E-state index contributed by atoms with van der Waals surface area (Å²) in [4.78, 5) is 6.89. The standard InChI is InChI=1S/C20H24N6/c21-16-17-6-2-3-7-18(17)24-12-14-26(15-13-24)20-9-8-19(22-23-20)25-10-4-1-5-11-25/h2-3,6-9H,1,4-5,10-15H2. The third-order valence-electron chi connectivity index (χ3n) is 5.29. The van der Waals surface area contributed by atoms with Crippen molar-refractivity contribution in [2.24, 2.45) is 0 Å². The predicted octanol–water partition coefficient (Wildman–Crippen LogP) is 2.67. The summed E-state index contributed by atoms with van der Waals surface area (Å²) in [5.41, 5.74) is 1.77. The zero-order chi connectivity index (χ0) is 17.8. The zero-order valence-corrected chi connectivity index (χ0v) is 15.0. The van der Waals surface area contributed by atoms with E-state index in [-0.39, 0.29) is 0 Å². The van der Waals surface area contributed by atoms with Crippen LogP contribution in [0.5, 0.6) is 0 Å². The average Bonchev–Trinajstić information content (AvgIpc) is 2.74. The molecule has 1 aromatic heterocycles. The molecule has 3 heterocycles. The zero-order valence-electron chi connectivity index (χ0n) is 15.0. The number of anilines is 3. The van der Waals surface area contributed by atoms with Crippen LogP contribution in [0.3, 0.4) is 0 Å². The van der Waals surface area contributed by atoms with Gasteiger partial charge < -0.3 is 14.7 Å². The van der Waals surface area contributed by atoms with Crippen LogP contribution >= 0.6 is 0 Å². The van der Waals surface area contributed by atoms with Crippen molar-refractivity contribution in [3.63, 3.8) is 0 Å². The van der Waals surface area contributed by atoms with Gasteiger partial charge in [-0.15, -0.1) is 10.2 Å². The normalized spacial score (nSPS) is 17.9. The molecule has 0 spiro atoms. The summed E-state index contributed by atoms with van der Waals surface area (Å²) in [6, 6.07) is 14.3. The van der Waals surface area contributed by atoms with Crippen LogP contribution in [-0.4, -0.2) is 49.5 Å². The minimum absolute atomic E-state index is 0.742. The van der Waals surface area contributed by atoms with Crippen molar-refractivity contribution in [1.29, 1.82) is 5.26 Å². The van der Waals surface area contributed by atoms with Crippen LogP contribution in [0.15, 0.2) is 36.4 Å². The maximum Gasteiger partial charge on any atom is 0.151 e. The molecule has 134 valence electrons. The maximum absolute atomic E-state index is 9.30. The van der Waals surface area contributed by atoms with E-state index >= 15 is 0 Å². The lowest BCUT2D eigenvalue weighted by Gasteiger charge is -2.37. The Morgan fingerprint density at radius 1 is 0.692 bits per heavy atom. The monoisotopic (exact) mass is 348 g/mol. The van der Waals surface area contributed by atoms with Crippen molar-refractivity contribution in [3.05, 3.63) is 42.0 Å². The number of piperazine rings is 1. The van der Waals surface area contributed by atoms with E-state index in [9.17, 15) is 5.26 Å². The summed E-state index contributed by atoms with van der Waals surface area (Å²) in [6.45, 7) is 5.72. The van der Waals surface area contributed by atoms with Gasteiger partial charge in [-0.25, -0.2) is 0 Å². The molecule has 6 heteroatoms. The molecule has 0 aliphatic carbocycles. The summed E-state index contributed by atoms with van der Waals surface area (Å²) in [5.74, 6) is 1.94. The Morgan fingerprint density at radius 2 is 1.27 bits per heavy atom. The quantitative estimate of drug-likeness (QED) is 0.850. The van der Waals surface area contributed by atoms with Gasteiger partial charge in [0.1, 0.15) is 6.07 Å². The second-order valence-corrected chi connectivity index (χ2v) is 6.90. The molecule has 0 bridgehead atoms. The molecule has 0 saturated carbocycles. The Labute approximate surface area is 154 Å². The Morgan fingerprint density at radius 3 is 1.88 bits per heavy atom. The fourth-order valence-electron chi connectivity index (χ4n) is 3.80. The first kappa shape index (κ1) is 16.6. The molecule has 2 aliphatic heterocycles. The molecule has 0 radical (unpaired) electrons. The molecule has 2 aliphatic rings. The van der Waals surface area contributed by atoms with Gasteiger partial charge in [-0.3, -0.25) is 0 Å². The minimum atomic E-state index is 0.742. The molecule has 4 rings (SSSR count). The Hall–Kier alpha value is -2.81. The highest BCUT2D eigenvalue weighted by Gasteiger charge is 2.21. The summed E-state index contributed by atoms with van der Waals surface area (Å²) in [7, 11) is 0. The summed E-state index contributed by atoms with van der Waals surface area (Å²) >= 11 is 0. The van der Waals surface area contributed by atoms with Gasteiger partial charge in [-0.1, -0.05) is 12.1 Å². The molecule has 2 saturated heterocycles. The number of nitriles is 1. The number of aromatic nitrogens is 2. The first-order valence-electron chi connectivity index (χ1n) is 9.43. The number of hydrogen-bond donors (Lipinski definition) is 0. The van der Waals surface area contributed by atoms with E-state index in [1.54, 1.807) is 0 Å². The predicted molar refractivity (Wildman–Crippen MR) is 104 cm³/mol. The van der Waals surface area contributed by atoms with Crippen LogP contribution in [0.25, 0.3) is 0 Å². The second kappa shape index (κ2) is 7.61. The van der Waals surface area contributed by atoms with Gasteiger partial charge in [0.2, 0.25) is 0 Å². The van der Waals surface area contributed by atoms with Crippen molar-refractivity contribution >= 4 is 17.3 Å². The molecular weight excluding hydrogens is 324 g/mol. The third-order valence-corrected chi connectivity index (χ3v) is 5.29. The van der Waals surface area contributed by atoms with E-state index in [4.69, 9.17) is 0 Å². The molecule has 26 heavy (non-hydrogen) atoms. The lowest BCUT2D eigenvalue weighted by atomic mass is 10.1. The van der Waals surface area contributed by atoms with Crippen LogP contribution in [0, 0.1) is 11.3 Å². The fourth-order valence-corrected chi connectivity index (χ4v) is 3.80. The molecular formula is C20H24N6. The number of rotatable bonds is 3. The van der Waals surface area contributed by atoms with Crippen molar-refractivity contribution in [1.82, 2.24) is 10.2 Å². The average molecular weight is 348 g/mol. The summed E-state index contributed by atoms with van der Waals surface area (Å²) < 4.78 is 0. The van der Waals surface area contributed by atoms with E-state index in [1.807, 2.05) is 24.3 Å². The van der Waals surface area contributed by atoms with Crippen molar-refractivity contribution in [3.8, 4) is 6.07 Å². The number of piperidine rings is 1. The summed E-state index contributed by atoms with van der Waals surface area (Å²) in [5, 5.41) is 18.2. The Balaban J connectivity index is 1.39. The first-order valence-corrected chi connectivity index (χ1v) is 9.43. The second-order valence-electron chi connectivity index (χ2n) is 6.90. The fraction of sp³-hybridized carbons (Fsp3) is 0.450. The highest BCUT2D eigenvalue weighted by atomic mass is 15.3. The van der Waals surface area contributed by atoms with E-state index in [0.717, 1.165) is 62.2 Å². The van der Waals surface area contributed by atoms with Crippen molar-refractivity contribution in [2.75, 3.05) is 54.0 Å². The molecule has 0 amide bonds. The van der Waals surface area contributed by atoms with Gasteiger partial charge in [-0.05, 0) is 43.5 Å². The smallest absolute Gasteiger partial charge is 0.151 e. The van der Waals surface area contributed by atoms with E-state index in [2.05, 4.69) is 43.1 Å². The third kappa shape index (κ3) is 3.43. The van der Waals surface area contributed by atoms with Crippen molar-refractivity contribution < 1.29 is 0 Å². The Bertz CT molecular complexity index is 768. The molecule has 2 fully saturated rings. The largest absolute Gasteiger partial charge is 0.367 e. The number of para-hydroxylation sites is 1. The highest BCUT2D eigenvalue weighted by Crippen LogP contribution is 2.23. The molecule has 1 aromatic carbocycles. The van der Waals surface area contributed by atoms with Crippen LogP contribution < -0.4 is 14.7 Å². The van der Waals surface area contributed by atoms with Crippen LogP contribution in [-0.2, 0) is 0 Å². The molecule has 0 atom stereocenters. The number of benzene rings is 1. The van der Waals surface area contributed by atoms with E-state index in [1.165, 1.54) is 19.3 Å². The number of hydrogen-bond acceptors (Lipinski definition) is 6. The molecule has 2 aromatic rings. The minimum Gasteiger partial charge on any atom is -0.367 e. The topological polar surface area (TPSA) is 59.3 Å². The number of nitrogens with zero attached hydrogens (tertiary/aromatic N) is 6. The van der Waals surface area contributed by atoms with Gasteiger partial charge in [0.15, 0.2) is 11.6 Å². The van der Waals surface area contributed by atoms with Gasteiger partial charge in [0.05, 0.1) is 11.3 Å². The van der Waals surface area contributed by atoms with E-state index in [0.29, 0.717) is 0 Å². The van der Waals surface area contributed by atoms with Gasteiger partial charge in [0, 0.05) is 39.3 Å². The lowest BCUT2D eigenvalue weighted by molar-refractivity contribution is 0.570. The van der Waals surface area contributed by atoms with E-state index < -0.39 is 0 Å². The van der Waals surface area contributed by atoms with Gasteiger partial charge in [0.25, 0.3) is 0 Å². The SMILES string of the molecule is N#Cc1ccccc1N1CCN(c2ccc(N3CCCCC3)nn2)CC1. The highest BCUT2D eigenvalue weighted by molar-refractivity contribution is 5.60. The molecule has 0 unspecified atom stereocenters. The van der Waals surface area contributed by atoms with Crippen LogP contribution in [0.1, 0.15) is 24.8 Å². The summed E-state index contributed by atoms with van der Waals surface area (Å²) in [6.07, 6.45) is 3.81. The van der Waals surface area contributed by atoms with Gasteiger partial charge >= 0.3 is 0 Å². The van der Waals surface area contributed by atoms with Crippen molar-refractivity contribution in [2.45, 2.75) is 19.3 Å².